The van der Waals surface area contributed by atoms with Gasteiger partial charge in [-0.2, -0.15) is 0 Å². The monoisotopic (exact) mass is 318 g/mol. The van der Waals surface area contributed by atoms with Crippen LogP contribution in [0.2, 0.25) is 0 Å². The van der Waals surface area contributed by atoms with Gasteiger partial charge >= 0.3 is 11.9 Å². The second kappa shape index (κ2) is 5.95. The minimum Gasteiger partial charge on any atom is -0.497 e. The van der Waals surface area contributed by atoms with Crippen LogP contribution >= 0.6 is 0 Å². The third kappa shape index (κ3) is 2.88. The molecule has 0 N–H and O–H groups in total. The normalized spacial score (nSPS) is 19.3. The summed E-state index contributed by atoms with van der Waals surface area (Å²) in [6.45, 7) is 0. The Hall–Kier alpha value is -2.50. The molecule has 0 unspecified atom stereocenters. The lowest BCUT2D eigenvalue weighted by Gasteiger charge is -2.32. The first-order valence-electron chi connectivity index (χ1n) is 7.47. The standard InChI is InChI=1S/C17H18O6/c1-20-12-6-5-11(14(10-12)21-2)9-13-15(18)22-17(23-16(13)19)7-3-4-8-17/h5-6,9-10H,3-4,7-8H2,1-2H3. The summed E-state index contributed by atoms with van der Waals surface area (Å²) in [5, 5.41) is 0. The number of carbonyl (C=O) groups is 2. The van der Waals surface area contributed by atoms with Crippen molar-refractivity contribution >= 4 is 18.0 Å². The van der Waals surface area contributed by atoms with Gasteiger partial charge in [-0.3, -0.25) is 0 Å². The molecular formula is C17H18O6. The van der Waals surface area contributed by atoms with Gasteiger partial charge in [0.2, 0.25) is 0 Å². The van der Waals surface area contributed by atoms with Gasteiger partial charge in [-0.15, -0.1) is 0 Å². The average Bonchev–Trinajstić information content (AvgIpc) is 2.98. The van der Waals surface area contributed by atoms with E-state index in [9.17, 15) is 9.59 Å². The summed E-state index contributed by atoms with van der Waals surface area (Å²) in [6, 6.07) is 5.09. The summed E-state index contributed by atoms with van der Waals surface area (Å²) in [7, 11) is 3.05. The van der Waals surface area contributed by atoms with E-state index in [1.165, 1.54) is 13.2 Å². The van der Waals surface area contributed by atoms with Crippen molar-refractivity contribution in [1.82, 2.24) is 0 Å². The smallest absolute Gasteiger partial charge is 0.348 e. The summed E-state index contributed by atoms with van der Waals surface area (Å²) >= 11 is 0. The molecule has 6 heteroatoms. The van der Waals surface area contributed by atoms with Gasteiger partial charge in [-0.1, -0.05) is 0 Å². The molecule has 2 fully saturated rings. The highest BCUT2D eigenvalue weighted by Crippen LogP contribution is 2.39. The molecule has 1 aromatic rings. The van der Waals surface area contributed by atoms with E-state index in [-0.39, 0.29) is 5.57 Å². The van der Waals surface area contributed by atoms with Crippen LogP contribution in [0.3, 0.4) is 0 Å². The molecule has 3 rings (SSSR count). The Morgan fingerprint density at radius 2 is 1.70 bits per heavy atom. The molecule has 0 atom stereocenters. The summed E-state index contributed by atoms with van der Waals surface area (Å²) in [6.07, 6.45) is 4.30. The molecule has 0 radical (unpaired) electrons. The minimum atomic E-state index is -1.06. The van der Waals surface area contributed by atoms with Crippen LogP contribution in [0.15, 0.2) is 23.8 Å². The molecule has 2 aliphatic rings. The molecule has 23 heavy (non-hydrogen) atoms. The molecule has 1 aliphatic heterocycles. The third-order valence-corrected chi connectivity index (χ3v) is 4.10. The second-order valence-electron chi connectivity index (χ2n) is 5.56. The van der Waals surface area contributed by atoms with E-state index >= 15 is 0 Å². The van der Waals surface area contributed by atoms with E-state index in [4.69, 9.17) is 18.9 Å². The molecule has 0 bridgehead atoms. The van der Waals surface area contributed by atoms with Crippen LogP contribution in [0.4, 0.5) is 0 Å². The second-order valence-corrected chi connectivity index (χ2v) is 5.56. The van der Waals surface area contributed by atoms with E-state index in [0.717, 1.165) is 12.8 Å². The van der Waals surface area contributed by atoms with E-state index in [2.05, 4.69) is 0 Å². The fourth-order valence-electron chi connectivity index (χ4n) is 2.88. The lowest BCUT2D eigenvalue weighted by molar-refractivity contribution is -0.232. The SMILES string of the molecule is COc1ccc(C=C2C(=O)OC3(CCCC3)OC2=O)c(OC)c1. The molecule has 1 saturated carbocycles. The maximum atomic E-state index is 12.2. The van der Waals surface area contributed by atoms with Gasteiger partial charge < -0.3 is 18.9 Å². The Morgan fingerprint density at radius 3 is 2.26 bits per heavy atom. The molecule has 1 aromatic carbocycles. The predicted molar refractivity (Wildman–Crippen MR) is 80.9 cm³/mol. The Kier molecular flexibility index (Phi) is 3.98. The summed E-state index contributed by atoms with van der Waals surface area (Å²) in [4.78, 5) is 24.5. The molecular weight excluding hydrogens is 300 g/mol. The number of benzene rings is 1. The van der Waals surface area contributed by atoms with E-state index in [1.807, 2.05) is 0 Å². The number of ether oxygens (including phenoxy) is 4. The molecule has 6 nitrogen and oxygen atoms in total. The first-order valence-corrected chi connectivity index (χ1v) is 7.47. The van der Waals surface area contributed by atoms with Crippen LogP contribution in [0.1, 0.15) is 31.2 Å². The Morgan fingerprint density at radius 1 is 1.04 bits per heavy atom. The van der Waals surface area contributed by atoms with Crippen LogP contribution in [-0.4, -0.2) is 31.9 Å². The molecule has 1 saturated heterocycles. The summed E-state index contributed by atoms with van der Waals surface area (Å²) in [5.74, 6) is -1.27. The first-order chi connectivity index (χ1) is 11.1. The van der Waals surface area contributed by atoms with Crippen LogP contribution < -0.4 is 9.47 Å². The van der Waals surface area contributed by atoms with Crippen molar-refractivity contribution in [2.45, 2.75) is 31.5 Å². The van der Waals surface area contributed by atoms with Crippen molar-refractivity contribution in [3.63, 3.8) is 0 Å². The average molecular weight is 318 g/mol. The lowest BCUT2D eigenvalue weighted by atomic mass is 10.1. The number of hydrogen-bond donors (Lipinski definition) is 0. The van der Waals surface area contributed by atoms with Crippen LogP contribution in [0.5, 0.6) is 11.5 Å². The fourth-order valence-corrected chi connectivity index (χ4v) is 2.88. The first kappa shape index (κ1) is 15.4. The summed E-state index contributed by atoms with van der Waals surface area (Å²) in [5.41, 5.74) is 0.436. The van der Waals surface area contributed by atoms with E-state index < -0.39 is 17.7 Å². The number of rotatable bonds is 3. The van der Waals surface area contributed by atoms with Gasteiger partial charge in [0, 0.05) is 24.5 Å². The molecule has 0 aromatic heterocycles. The van der Waals surface area contributed by atoms with Gasteiger partial charge in [0.05, 0.1) is 14.2 Å². The molecule has 1 aliphatic carbocycles. The lowest BCUT2D eigenvalue weighted by Crippen LogP contribution is -2.44. The number of hydrogen-bond acceptors (Lipinski definition) is 6. The molecule has 1 spiro atoms. The highest BCUT2D eigenvalue weighted by molar-refractivity contribution is 6.19. The number of carbonyl (C=O) groups excluding carboxylic acids is 2. The Bertz CT molecular complexity index is 648. The van der Waals surface area contributed by atoms with Crippen molar-refractivity contribution in [3.05, 3.63) is 29.3 Å². The van der Waals surface area contributed by atoms with Crippen molar-refractivity contribution in [2.24, 2.45) is 0 Å². The van der Waals surface area contributed by atoms with Crippen molar-refractivity contribution in [1.29, 1.82) is 0 Å². The maximum Gasteiger partial charge on any atom is 0.348 e. The Labute approximate surface area is 134 Å². The van der Waals surface area contributed by atoms with Crippen LogP contribution in [0.25, 0.3) is 6.08 Å². The van der Waals surface area contributed by atoms with Crippen LogP contribution in [-0.2, 0) is 19.1 Å². The quantitative estimate of drug-likeness (QED) is 0.484. The molecule has 1 heterocycles. The van der Waals surface area contributed by atoms with Gasteiger partial charge in [0.15, 0.2) is 0 Å². The van der Waals surface area contributed by atoms with Gasteiger partial charge in [-0.05, 0) is 31.1 Å². The van der Waals surface area contributed by atoms with Crippen molar-refractivity contribution in [3.8, 4) is 11.5 Å². The fraction of sp³-hybridized carbons (Fsp3) is 0.412. The highest BCUT2D eigenvalue weighted by Gasteiger charge is 2.47. The summed E-state index contributed by atoms with van der Waals surface area (Å²) < 4.78 is 21.2. The van der Waals surface area contributed by atoms with Crippen molar-refractivity contribution in [2.75, 3.05) is 14.2 Å². The zero-order valence-corrected chi connectivity index (χ0v) is 13.1. The van der Waals surface area contributed by atoms with Crippen molar-refractivity contribution < 1.29 is 28.5 Å². The van der Waals surface area contributed by atoms with Crippen LogP contribution in [0, 0.1) is 0 Å². The number of methoxy groups -OCH3 is 2. The highest BCUT2D eigenvalue weighted by atomic mass is 16.7. The third-order valence-electron chi connectivity index (χ3n) is 4.10. The zero-order valence-electron chi connectivity index (χ0n) is 13.1. The minimum absolute atomic E-state index is 0.133. The topological polar surface area (TPSA) is 71.1 Å². The predicted octanol–water partition coefficient (Wildman–Crippen LogP) is 2.46. The Balaban J connectivity index is 1.91. The van der Waals surface area contributed by atoms with Gasteiger partial charge in [0.25, 0.3) is 5.79 Å². The molecule has 0 amide bonds. The van der Waals surface area contributed by atoms with Gasteiger partial charge in [-0.25, -0.2) is 9.59 Å². The number of esters is 2. The van der Waals surface area contributed by atoms with Gasteiger partial charge in [0.1, 0.15) is 17.1 Å². The zero-order chi connectivity index (χ0) is 16.4. The van der Waals surface area contributed by atoms with E-state index in [0.29, 0.717) is 29.9 Å². The maximum absolute atomic E-state index is 12.2. The molecule has 122 valence electrons. The largest absolute Gasteiger partial charge is 0.497 e. The van der Waals surface area contributed by atoms with E-state index in [1.54, 1.807) is 25.3 Å².